The molecule has 0 aliphatic heterocycles. The Morgan fingerprint density at radius 2 is 2.00 bits per heavy atom. The summed E-state index contributed by atoms with van der Waals surface area (Å²) in [5.41, 5.74) is 11.9. The minimum Gasteiger partial charge on any atom is -0.398 e. The summed E-state index contributed by atoms with van der Waals surface area (Å²) in [6, 6.07) is 2.19. The third-order valence-corrected chi connectivity index (χ3v) is 3.51. The number of anilines is 1. The first-order valence-electron chi connectivity index (χ1n) is 5.31. The second kappa shape index (κ2) is 2.72. The Morgan fingerprint density at radius 1 is 1.14 bits per heavy atom. The lowest BCUT2D eigenvalue weighted by Crippen LogP contribution is -2.00. The molecular formula is C12H14FN. The van der Waals surface area contributed by atoms with Crippen LogP contribution in [0.1, 0.15) is 28.7 Å². The Bertz CT molecular complexity index is 398. The van der Waals surface area contributed by atoms with Gasteiger partial charge in [0.05, 0.1) is 0 Å². The third kappa shape index (κ3) is 0.999. The predicted molar refractivity (Wildman–Crippen MR) is 55.2 cm³/mol. The van der Waals surface area contributed by atoms with Crippen LogP contribution in [-0.4, -0.2) is 6.17 Å². The fraction of sp³-hybridized carbons (Fsp3) is 0.500. The number of benzene rings is 1. The van der Waals surface area contributed by atoms with Gasteiger partial charge in [-0.25, -0.2) is 4.39 Å². The van der Waals surface area contributed by atoms with E-state index in [0.29, 0.717) is 12.8 Å². The highest BCUT2D eigenvalue weighted by molar-refractivity contribution is 5.63. The number of nitrogen functional groups attached to an aromatic ring is 1. The van der Waals surface area contributed by atoms with Crippen LogP contribution in [0.15, 0.2) is 6.07 Å². The molecule has 2 aliphatic rings. The topological polar surface area (TPSA) is 26.0 Å². The molecule has 14 heavy (non-hydrogen) atoms. The van der Waals surface area contributed by atoms with Crippen molar-refractivity contribution in [2.24, 2.45) is 0 Å². The first kappa shape index (κ1) is 8.27. The summed E-state index contributed by atoms with van der Waals surface area (Å²) < 4.78 is 13.2. The molecule has 0 bridgehead atoms. The summed E-state index contributed by atoms with van der Waals surface area (Å²) in [6.07, 6.45) is 3.84. The van der Waals surface area contributed by atoms with Crippen LogP contribution in [0.2, 0.25) is 0 Å². The monoisotopic (exact) mass is 191 g/mol. The highest BCUT2D eigenvalue weighted by atomic mass is 19.1. The molecule has 74 valence electrons. The highest BCUT2D eigenvalue weighted by Gasteiger charge is 2.27. The van der Waals surface area contributed by atoms with E-state index >= 15 is 0 Å². The zero-order chi connectivity index (χ0) is 9.71. The molecule has 0 spiro atoms. The van der Waals surface area contributed by atoms with E-state index in [1.54, 1.807) is 0 Å². The number of aryl methyl sites for hydroxylation is 1. The molecule has 1 aromatic carbocycles. The molecular weight excluding hydrogens is 177 g/mol. The van der Waals surface area contributed by atoms with Crippen molar-refractivity contribution in [3.63, 3.8) is 0 Å². The summed E-state index contributed by atoms with van der Waals surface area (Å²) in [6.45, 7) is 0. The Balaban J connectivity index is 2.19. The molecule has 2 aliphatic carbocycles. The van der Waals surface area contributed by atoms with Gasteiger partial charge in [0, 0.05) is 18.5 Å². The van der Waals surface area contributed by atoms with Gasteiger partial charge in [-0.05, 0) is 41.5 Å². The van der Waals surface area contributed by atoms with Crippen molar-refractivity contribution in [2.75, 3.05) is 5.73 Å². The van der Waals surface area contributed by atoms with E-state index in [1.165, 1.54) is 17.5 Å². The Hall–Kier alpha value is -1.05. The number of hydrogen-bond donors (Lipinski definition) is 1. The SMILES string of the molecule is Nc1c2c(cc3c1C[C@H](F)C3)CCC2. The molecule has 0 heterocycles. The summed E-state index contributed by atoms with van der Waals surface area (Å²) in [4.78, 5) is 0. The smallest absolute Gasteiger partial charge is 0.108 e. The summed E-state index contributed by atoms with van der Waals surface area (Å²) in [7, 11) is 0. The standard InChI is InChI=1S/C12H14FN/c13-9-5-8-4-7-2-1-3-10(7)12(14)11(8)6-9/h4,9H,1-3,5-6,14H2/t9-/m1/s1. The van der Waals surface area contributed by atoms with Crippen LogP contribution in [0.5, 0.6) is 0 Å². The van der Waals surface area contributed by atoms with E-state index in [-0.39, 0.29) is 0 Å². The molecule has 2 N–H and O–H groups in total. The van der Waals surface area contributed by atoms with Gasteiger partial charge < -0.3 is 5.73 Å². The van der Waals surface area contributed by atoms with Crippen LogP contribution in [0.25, 0.3) is 0 Å². The maximum atomic E-state index is 13.2. The van der Waals surface area contributed by atoms with Crippen molar-refractivity contribution in [3.05, 3.63) is 28.3 Å². The number of nitrogens with two attached hydrogens (primary N) is 1. The fourth-order valence-electron chi connectivity index (χ4n) is 2.84. The molecule has 1 atom stereocenters. The van der Waals surface area contributed by atoms with E-state index in [4.69, 9.17) is 5.73 Å². The van der Waals surface area contributed by atoms with Gasteiger partial charge in [-0.2, -0.15) is 0 Å². The zero-order valence-corrected chi connectivity index (χ0v) is 8.15. The van der Waals surface area contributed by atoms with Crippen LogP contribution in [-0.2, 0) is 25.7 Å². The molecule has 0 amide bonds. The van der Waals surface area contributed by atoms with Gasteiger partial charge in [0.15, 0.2) is 0 Å². The number of alkyl halides is 1. The quantitative estimate of drug-likeness (QED) is 0.625. The number of halogens is 1. The van der Waals surface area contributed by atoms with Gasteiger partial charge in [-0.1, -0.05) is 6.07 Å². The van der Waals surface area contributed by atoms with Crippen LogP contribution in [0.4, 0.5) is 10.1 Å². The average Bonchev–Trinajstić information content (AvgIpc) is 2.71. The minimum atomic E-state index is -0.699. The third-order valence-electron chi connectivity index (χ3n) is 3.51. The average molecular weight is 191 g/mol. The van der Waals surface area contributed by atoms with Gasteiger partial charge in [0.1, 0.15) is 6.17 Å². The van der Waals surface area contributed by atoms with Gasteiger partial charge in [0.2, 0.25) is 0 Å². The van der Waals surface area contributed by atoms with Crippen LogP contribution in [0, 0.1) is 0 Å². The molecule has 0 radical (unpaired) electrons. The highest BCUT2D eigenvalue weighted by Crippen LogP contribution is 2.37. The zero-order valence-electron chi connectivity index (χ0n) is 8.15. The van der Waals surface area contributed by atoms with Crippen molar-refractivity contribution in [1.29, 1.82) is 0 Å². The van der Waals surface area contributed by atoms with Crippen molar-refractivity contribution < 1.29 is 4.39 Å². The van der Waals surface area contributed by atoms with Crippen molar-refractivity contribution in [3.8, 4) is 0 Å². The molecule has 0 saturated carbocycles. The predicted octanol–water partition coefficient (Wildman–Crippen LogP) is 2.19. The van der Waals surface area contributed by atoms with Crippen LogP contribution >= 0.6 is 0 Å². The molecule has 2 heteroatoms. The molecule has 1 nitrogen and oxygen atoms in total. The molecule has 3 rings (SSSR count). The molecule has 0 saturated heterocycles. The Labute approximate surface area is 83.1 Å². The summed E-state index contributed by atoms with van der Waals surface area (Å²) >= 11 is 0. The van der Waals surface area contributed by atoms with Crippen molar-refractivity contribution in [1.82, 2.24) is 0 Å². The molecule has 1 aromatic rings. The Morgan fingerprint density at radius 3 is 2.86 bits per heavy atom. The normalized spacial score (nSPS) is 23.6. The second-order valence-electron chi connectivity index (χ2n) is 4.42. The number of rotatable bonds is 0. The maximum absolute atomic E-state index is 13.2. The lowest BCUT2D eigenvalue weighted by atomic mass is 9.99. The second-order valence-corrected chi connectivity index (χ2v) is 4.42. The van der Waals surface area contributed by atoms with E-state index in [1.807, 2.05) is 0 Å². The van der Waals surface area contributed by atoms with E-state index in [2.05, 4.69) is 6.07 Å². The minimum absolute atomic E-state index is 0.536. The van der Waals surface area contributed by atoms with Gasteiger partial charge in [0.25, 0.3) is 0 Å². The van der Waals surface area contributed by atoms with Crippen molar-refractivity contribution in [2.45, 2.75) is 38.3 Å². The fourth-order valence-corrected chi connectivity index (χ4v) is 2.84. The van der Waals surface area contributed by atoms with E-state index < -0.39 is 6.17 Å². The molecule has 0 fully saturated rings. The van der Waals surface area contributed by atoms with Gasteiger partial charge in [-0.3, -0.25) is 0 Å². The maximum Gasteiger partial charge on any atom is 0.108 e. The summed E-state index contributed by atoms with van der Waals surface area (Å²) in [5.74, 6) is 0. The van der Waals surface area contributed by atoms with Crippen molar-refractivity contribution >= 4 is 5.69 Å². The van der Waals surface area contributed by atoms with E-state index in [0.717, 1.165) is 29.7 Å². The first-order chi connectivity index (χ1) is 6.75. The van der Waals surface area contributed by atoms with Gasteiger partial charge >= 0.3 is 0 Å². The van der Waals surface area contributed by atoms with Crippen LogP contribution < -0.4 is 5.73 Å². The largest absolute Gasteiger partial charge is 0.398 e. The lowest BCUT2D eigenvalue weighted by molar-refractivity contribution is 0.349. The Kier molecular flexibility index (Phi) is 1.61. The van der Waals surface area contributed by atoms with Gasteiger partial charge in [-0.15, -0.1) is 0 Å². The summed E-state index contributed by atoms with van der Waals surface area (Å²) in [5, 5.41) is 0. The number of fused-ring (bicyclic) bond motifs is 2. The first-order valence-corrected chi connectivity index (χ1v) is 5.31. The van der Waals surface area contributed by atoms with Crippen LogP contribution in [0.3, 0.4) is 0 Å². The lowest BCUT2D eigenvalue weighted by Gasteiger charge is -2.09. The molecule has 0 aromatic heterocycles. The van der Waals surface area contributed by atoms with E-state index in [9.17, 15) is 4.39 Å². The molecule has 0 unspecified atom stereocenters. The number of hydrogen-bond acceptors (Lipinski definition) is 1.